The number of hydrogen-bond acceptors (Lipinski definition) is 5. The lowest BCUT2D eigenvalue weighted by Crippen LogP contribution is -2.40. The minimum atomic E-state index is -1.69. The Labute approximate surface area is 142 Å². The molecule has 1 aromatic carbocycles. The lowest BCUT2D eigenvalue weighted by atomic mass is 9.89. The smallest absolute Gasteiger partial charge is 0.229 e. The van der Waals surface area contributed by atoms with E-state index in [-0.39, 0.29) is 18.0 Å². The van der Waals surface area contributed by atoms with E-state index in [1.54, 1.807) is 6.07 Å². The van der Waals surface area contributed by atoms with E-state index < -0.39 is 17.4 Å². The first-order valence-electron chi connectivity index (χ1n) is 6.61. The Hall–Kier alpha value is -1.96. The highest BCUT2D eigenvalue weighted by Gasteiger charge is 2.35. The second-order valence-electron chi connectivity index (χ2n) is 5.03. The van der Waals surface area contributed by atoms with Crippen molar-refractivity contribution in [2.45, 2.75) is 25.5 Å². The second kappa shape index (κ2) is 7.08. The average Bonchev–Trinajstić information content (AvgIpc) is 2.89. The van der Waals surface area contributed by atoms with Crippen LogP contribution in [-0.2, 0) is 21.7 Å². The summed E-state index contributed by atoms with van der Waals surface area (Å²) >= 11 is 12.0. The van der Waals surface area contributed by atoms with Gasteiger partial charge in [0.2, 0.25) is 11.8 Å². The molecule has 1 unspecified atom stereocenters. The summed E-state index contributed by atoms with van der Waals surface area (Å²) in [5, 5.41) is 17.7. The molecule has 2 amide bonds. The van der Waals surface area contributed by atoms with E-state index in [0.29, 0.717) is 10.6 Å². The molecule has 1 aromatic heterocycles. The van der Waals surface area contributed by atoms with Gasteiger partial charge in [-0.3, -0.25) is 14.9 Å². The number of carbonyl (C=O) groups is 2. The van der Waals surface area contributed by atoms with Gasteiger partial charge in [-0.25, -0.2) is 9.67 Å². The Kier molecular flexibility index (Phi) is 5.35. The highest BCUT2D eigenvalue weighted by atomic mass is 35.5. The highest BCUT2D eigenvalue weighted by molar-refractivity contribution is 6.35. The van der Waals surface area contributed by atoms with Gasteiger partial charge in [-0.2, -0.15) is 5.10 Å². The molecule has 0 aliphatic carbocycles. The van der Waals surface area contributed by atoms with Crippen molar-refractivity contribution in [3.05, 3.63) is 46.5 Å². The molecule has 0 bridgehead atoms. The zero-order valence-electron chi connectivity index (χ0n) is 12.2. The summed E-state index contributed by atoms with van der Waals surface area (Å²) < 4.78 is 1.37. The number of amides is 2. The van der Waals surface area contributed by atoms with Crippen LogP contribution in [0.2, 0.25) is 10.0 Å². The van der Waals surface area contributed by atoms with E-state index in [4.69, 9.17) is 23.2 Å². The summed E-state index contributed by atoms with van der Waals surface area (Å²) in [5.74, 6) is -1.15. The molecule has 0 spiro atoms. The maximum Gasteiger partial charge on any atom is 0.229 e. The second-order valence-corrected chi connectivity index (χ2v) is 5.87. The number of carbonyl (C=O) groups excluding carboxylic acids is 2. The highest BCUT2D eigenvalue weighted by Crippen LogP contribution is 2.34. The number of rotatable bonds is 5. The molecule has 0 fully saturated rings. The lowest BCUT2D eigenvalue weighted by Gasteiger charge is -2.28. The van der Waals surface area contributed by atoms with Crippen LogP contribution in [0.1, 0.15) is 18.9 Å². The Morgan fingerprint density at radius 3 is 2.70 bits per heavy atom. The van der Waals surface area contributed by atoms with E-state index in [0.717, 1.165) is 0 Å². The molecule has 1 atom stereocenters. The average molecular weight is 357 g/mol. The normalized spacial score (nSPS) is 13.4. The first-order valence-corrected chi connectivity index (χ1v) is 7.36. The van der Waals surface area contributed by atoms with Gasteiger partial charge in [-0.1, -0.05) is 29.3 Å². The molecular formula is C14H14Cl2N4O3. The molecule has 0 aliphatic rings. The van der Waals surface area contributed by atoms with Crippen LogP contribution < -0.4 is 5.32 Å². The number of aromatic nitrogens is 3. The first kappa shape index (κ1) is 17.4. The van der Waals surface area contributed by atoms with Crippen molar-refractivity contribution in [2.75, 3.05) is 0 Å². The van der Waals surface area contributed by atoms with Crippen LogP contribution >= 0.6 is 23.2 Å². The Bertz CT molecular complexity index is 721. The van der Waals surface area contributed by atoms with Crippen LogP contribution in [0, 0.1) is 0 Å². The van der Waals surface area contributed by atoms with Crippen LogP contribution in [0.4, 0.5) is 0 Å². The van der Waals surface area contributed by atoms with Gasteiger partial charge in [0.25, 0.3) is 0 Å². The molecule has 2 N–H and O–H groups in total. The van der Waals surface area contributed by atoms with Crippen LogP contribution in [0.25, 0.3) is 0 Å². The number of aliphatic hydroxyl groups is 1. The molecule has 0 aliphatic heterocycles. The summed E-state index contributed by atoms with van der Waals surface area (Å²) in [6.45, 7) is 1.14. The van der Waals surface area contributed by atoms with E-state index in [2.05, 4.69) is 15.4 Å². The Morgan fingerprint density at radius 1 is 1.39 bits per heavy atom. The summed E-state index contributed by atoms with van der Waals surface area (Å²) in [4.78, 5) is 26.8. The van der Waals surface area contributed by atoms with Crippen molar-refractivity contribution in [2.24, 2.45) is 0 Å². The van der Waals surface area contributed by atoms with Gasteiger partial charge in [-0.05, 0) is 12.1 Å². The van der Waals surface area contributed by atoms with Crippen molar-refractivity contribution in [1.82, 2.24) is 20.1 Å². The van der Waals surface area contributed by atoms with Gasteiger partial charge >= 0.3 is 0 Å². The third-order valence-electron chi connectivity index (χ3n) is 3.09. The molecule has 0 saturated heterocycles. The van der Waals surface area contributed by atoms with E-state index in [1.807, 2.05) is 0 Å². The summed E-state index contributed by atoms with van der Waals surface area (Å²) in [7, 11) is 0. The minimum absolute atomic E-state index is 0.0698. The molecule has 9 heteroatoms. The van der Waals surface area contributed by atoms with Crippen molar-refractivity contribution in [3.63, 3.8) is 0 Å². The first-order chi connectivity index (χ1) is 10.8. The summed E-state index contributed by atoms with van der Waals surface area (Å²) in [6.07, 6.45) is 2.32. The number of imide groups is 1. The van der Waals surface area contributed by atoms with E-state index in [1.165, 1.54) is 36.4 Å². The third-order valence-corrected chi connectivity index (χ3v) is 3.64. The van der Waals surface area contributed by atoms with Gasteiger partial charge in [0.05, 0.1) is 13.0 Å². The predicted octanol–water partition coefficient (Wildman–Crippen LogP) is 1.53. The van der Waals surface area contributed by atoms with Gasteiger partial charge in [0, 0.05) is 22.5 Å². The third kappa shape index (κ3) is 4.51. The fourth-order valence-electron chi connectivity index (χ4n) is 2.19. The topological polar surface area (TPSA) is 97.1 Å². The Morgan fingerprint density at radius 2 is 2.13 bits per heavy atom. The van der Waals surface area contributed by atoms with Crippen molar-refractivity contribution in [1.29, 1.82) is 0 Å². The van der Waals surface area contributed by atoms with Crippen LogP contribution in [0.5, 0.6) is 0 Å². The molecule has 2 rings (SSSR count). The van der Waals surface area contributed by atoms with Gasteiger partial charge < -0.3 is 5.11 Å². The largest absolute Gasteiger partial charge is 0.383 e. The number of hydrogen-bond donors (Lipinski definition) is 2. The van der Waals surface area contributed by atoms with E-state index >= 15 is 0 Å². The molecular weight excluding hydrogens is 343 g/mol. The molecule has 0 saturated carbocycles. The molecule has 7 nitrogen and oxygen atoms in total. The predicted molar refractivity (Wildman–Crippen MR) is 83.8 cm³/mol. The number of benzene rings is 1. The molecule has 0 radical (unpaired) electrons. The zero-order chi connectivity index (χ0) is 17.0. The van der Waals surface area contributed by atoms with Crippen LogP contribution in [0.15, 0.2) is 30.9 Å². The van der Waals surface area contributed by atoms with Gasteiger partial charge in [0.15, 0.2) is 0 Å². The quantitative estimate of drug-likeness (QED) is 0.846. The zero-order valence-corrected chi connectivity index (χ0v) is 13.7. The van der Waals surface area contributed by atoms with Gasteiger partial charge in [-0.15, -0.1) is 0 Å². The molecule has 2 aromatic rings. The van der Waals surface area contributed by atoms with E-state index in [9.17, 15) is 14.7 Å². The number of nitrogens with zero attached hydrogens (tertiary/aromatic N) is 3. The van der Waals surface area contributed by atoms with Crippen LogP contribution in [0.3, 0.4) is 0 Å². The number of nitrogens with one attached hydrogen (secondary N) is 1. The maximum absolute atomic E-state index is 11.9. The van der Waals surface area contributed by atoms with Crippen LogP contribution in [-0.4, -0.2) is 31.7 Å². The lowest BCUT2D eigenvalue weighted by molar-refractivity contribution is -0.133. The van der Waals surface area contributed by atoms with Crippen molar-refractivity contribution in [3.8, 4) is 0 Å². The summed E-state index contributed by atoms with van der Waals surface area (Å²) in [6, 6.07) is 4.55. The fraction of sp³-hybridized carbons (Fsp3) is 0.286. The SMILES string of the molecule is CC(=O)NC(=O)CC(O)(Cn1cncn1)c1ccc(Cl)cc1Cl. The van der Waals surface area contributed by atoms with Gasteiger partial charge in [0.1, 0.15) is 18.3 Å². The summed E-state index contributed by atoms with van der Waals surface area (Å²) in [5.41, 5.74) is -1.38. The molecule has 1 heterocycles. The minimum Gasteiger partial charge on any atom is -0.383 e. The van der Waals surface area contributed by atoms with Crippen molar-refractivity contribution >= 4 is 35.0 Å². The Balaban J connectivity index is 2.37. The molecule has 23 heavy (non-hydrogen) atoms. The number of halogens is 2. The fourth-order valence-corrected chi connectivity index (χ4v) is 2.78. The molecule has 122 valence electrons. The van der Waals surface area contributed by atoms with Crippen molar-refractivity contribution < 1.29 is 14.7 Å². The monoisotopic (exact) mass is 356 g/mol. The standard InChI is InChI=1S/C14H14Cl2N4O3/c1-9(21)19-13(22)5-14(23,6-20-8-17-7-18-20)11-3-2-10(15)4-12(11)16/h2-4,7-8,23H,5-6H2,1H3,(H,19,21,22). The maximum atomic E-state index is 11.9.